The number of ether oxygens (including phenoxy) is 1. The van der Waals surface area contributed by atoms with Crippen molar-refractivity contribution in [3.8, 4) is 5.95 Å². The number of carbonyl (C=O) groups excluding carboxylic acids is 1. The molecule has 0 unspecified atom stereocenters. The number of hydrogen-bond acceptors (Lipinski definition) is 5. The number of aromatic nitrogens is 4. The van der Waals surface area contributed by atoms with Crippen molar-refractivity contribution in [2.45, 2.75) is 33.6 Å². The van der Waals surface area contributed by atoms with Crippen molar-refractivity contribution in [3.63, 3.8) is 0 Å². The van der Waals surface area contributed by atoms with Gasteiger partial charge in [0.15, 0.2) is 0 Å². The van der Waals surface area contributed by atoms with Gasteiger partial charge in [0.2, 0.25) is 0 Å². The minimum atomic E-state index is -0.393. The van der Waals surface area contributed by atoms with Crippen LogP contribution in [0.5, 0.6) is 0 Å². The van der Waals surface area contributed by atoms with Gasteiger partial charge >= 0.3 is 5.97 Å². The van der Waals surface area contributed by atoms with Gasteiger partial charge in [0.05, 0.1) is 18.4 Å². The fraction of sp³-hybridized carbons (Fsp3) is 0.429. The minimum absolute atomic E-state index is 0.301. The molecule has 2 aromatic rings. The van der Waals surface area contributed by atoms with Gasteiger partial charge in [0.1, 0.15) is 0 Å². The standard InChI is InChI=1S/C14H18N4O2/c1-5-20-13(19)11-7-15-18(8-11)14-16-10(4)6-12(17-14)9(2)3/h6-9H,5H2,1-4H3. The summed E-state index contributed by atoms with van der Waals surface area (Å²) >= 11 is 0. The van der Waals surface area contributed by atoms with Crippen LogP contribution in [0.25, 0.3) is 5.95 Å². The van der Waals surface area contributed by atoms with Gasteiger partial charge in [0.25, 0.3) is 5.95 Å². The van der Waals surface area contributed by atoms with E-state index >= 15 is 0 Å². The van der Waals surface area contributed by atoms with Crippen LogP contribution in [0.4, 0.5) is 0 Å². The lowest BCUT2D eigenvalue weighted by atomic mass is 10.1. The van der Waals surface area contributed by atoms with Crippen LogP contribution >= 0.6 is 0 Å². The van der Waals surface area contributed by atoms with E-state index in [9.17, 15) is 4.79 Å². The predicted octanol–water partition coefficient (Wildman–Crippen LogP) is 2.27. The van der Waals surface area contributed by atoms with E-state index in [0.29, 0.717) is 24.0 Å². The van der Waals surface area contributed by atoms with Crippen molar-refractivity contribution in [2.24, 2.45) is 0 Å². The first kappa shape index (κ1) is 14.2. The molecule has 0 bridgehead atoms. The summed E-state index contributed by atoms with van der Waals surface area (Å²) in [6, 6.07) is 1.95. The summed E-state index contributed by atoms with van der Waals surface area (Å²) in [5.41, 5.74) is 2.20. The summed E-state index contributed by atoms with van der Waals surface area (Å²) in [4.78, 5) is 20.4. The summed E-state index contributed by atoms with van der Waals surface area (Å²) in [5, 5.41) is 4.12. The smallest absolute Gasteiger partial charge is 0.341 e. The number of rotatable bonds is 4. The summed E-state index contributed by atoms with van der Waals surface area (Å²) < 4.78 is 6.42. The second-order valence-corrected chi connectivity index (χ2v) is 4.78. The van der Waals surface area contributed by atoms with Crippen molar-refractivity contribution in [2.75, 3.05) is 6.61 Å². The molecule has 0 aliphatic rings. The highest BCUT2D eigenvalue weighted by Gasteiger charge is 2.13. The molecule has 2 heterocycles. The second-order valence-electron chi connectivity index (χ2n) is 4.78. The Morgan fingerprint density at radius 1 is 1.40 bits per heavy atom. The number of nitrogens with zero attached hydrogens (tertiary/aromatic N) is 4. The molecular formula is C14H18N4O2. The average Bonchev–Trinajstić information content (AvgIpc) is 2.88. The average molecular weight is 274 g/mol. The maximum Gasteiger partial charge on any atom is 0.341 e. The normalized spacial score (nSPS) is 10.8. The molecular weight excluding hydrogens is 256 g/mol. The predicted molar refractivity (Wildman–Crippen MR) is 73.9 cm³/mol. The van der Waals surface area contributed by atoms with Gasteiger partial charge < -0.3 is 4.74 Å². The van der Waals surface area contributed by atoms with Crippen LogP contribution < -0.4 is 0 Å². The molecule has 0 amide bonds. The molecule has 0 aliphatic carbocycles. The molecule has 0 aliphatic heterocycles. The van der Waals surface area contributed by atoms with Gasteiger partial charge in [-0.2, -0.15) is 5.10 Å². The number of hydrogen-bond donors (Lipinski definition) is 0. The third kappa shape index (κ3) is 3.01. The molecule has 106 valence electrons. The van der Waals surface area contributed by atoms with Crippen molar-refractivity contribution in [3.05, 3.63) is 35.4 Å². The zero-order valence-corrected chi connectivity index (χ0v) is 12.1. The van der Waals surface area contributed by atoms with Gasteiger partial charge in [-0.3, -0.25) is 0 Å². The zero-order valence-electron chi connectivity index (χ0n) is 12.1. The first-order chi connectivity index (χ1) is 9.51. The monoisotopic (exact) mass is 274 g/mol. The molecule has 0 fully saturated rings. The molecule has 20 heavy (non-hydrogen) atoms. The molecule has 0 atom stereocenters. The lowest BCUT2D eigenvalue weighted by molar-refractivity contribution is 0.0526. The van der Waals surface area contributed by atoms with Crippen molar-refractivity contribution < 1.29 is 9.53 Å². The Bertz CT molecular complexity index is 619. The van der Waals surface area contributed by atoms with E-state index in [4.69, 9.17) is 4.74 Å². The Labute approximate surface area is 117 Å². The lowest BCUT2D eigenvalue weighted by Gasteiger charge is -2.08. The Hall–Kier alpha value is -2.24. The van der Waals surface area contributed by atoms with E-state index in [0.717, 1.165) is 11.4 Å². The molecule has 0 saturated carbocycles. The number of aryl methyl sites for hydroxylation is 1. The Kier molecular flexibility index (Phi) is 4.12. The number of esters is 1. The first-order valence-corrected chi connectivity index (χ1v) is 6.59. The van der Waals surface area contributed by atoms with Crippen LogP contribution in [-0.2, 0) is 4.74 Å². The lowest BCUT2D eigenvalue weighted by Crippen LogP contribution is -2.07. The van der Waals surface area contributed by atoms with Crippen molar-refractivity contribution in [1.82, 2.24) is 19.7 Å². The van der Waals surface area contributed by atoms with Crippen LogP contribution in [0, 0.1) is 6.92 Å². The highest BCUT2D eigenvalue weighted by molar-refractivity contribution is 5.88. The maximum absolute atomic E-state index is 11.6. The van der Waals surface area contributed by atoms with E-state index in [1.807, 2.05) is 13.0 Å². The molecule has 0 N–H and O–H groups in total. The minimum Gasteiger partial charge on any atom is -0.462 e. The molecule has 0 spiro atoms. The van der Waals surface area contributed by atoms with Gasteiger partial charge in [-0.05, 0) is 25.8 Å². The molecule has 6 nitrogen and oxygen atoms in total. The van der Waals surface area contributed by atoms with Crippen LogP contribution in [-0.4, -0.2) is 32.3 Å². The molecule has 2 rings (SSSR count). The summed E-state index contributed by atoms with van der Waals surface area (Å²) in [6.45, 7) is 8.15. The van der Waals surface area contributed by atoms with Gasteiger partial charge in [-0.1, -0.05) is 13.8 Å². The fourth-order valence-electron chi connectivity index (χ4n) is 1.73. The van der Waals surface area contributed by atoms with Crippen LogP contribution in [0.1, 0.15) is 48.4 Å². The van der Waals surface area contributed by atoms with Gasteiger partial charge in [0, 0.05) is 17.6 Å². The van der Waals surface area contributed by atoms with E-state index in [-0.39, 0.29) is 0 Å². The molecule has 0 saturated heterocycles. The van der Waals surface area contributed by atoms with Gasteiger partial charge in [-0.15, -0.1) is 0 Å². The fourth-order valence-corrected chi connectivity index (χ4v) is 1.73. The second kappa shape index (κ2) is 5.81. The highest BCUT2D eigenvalue weighted by atomic mass is 16.5. The first-order valence-electron chi connectivity index (χ1n) is 6.59. The van der Waals surface area contributed by atoms with Crippen molar-refractivity contribution >= 4 is 5.97 Å². The number of carbonyl (C=O) groups is 1. The van der Waals surface area contributed by atoms with E-state index in [1.54, 1.807) is 13.1 Å². The molecule has 0 aromatic carbocycles. The maximum atomic E-state index is 11.6. The zero-order chi connectivity index (χ0) is 14.7. The third-order valence-electron chi connectivity index (χ3n) is 2.75. The Morgan fingerprint density at radius 2 is 2.15 bits per heavy atom. The summed E-state index contributed by atoms with van der Waals surface area (Å²) in [7, 11) is 0. The molecule has 0 radical (unpaired) electrons. The highest BCUT2D eigenvalue weighted by Crippen LogP contribution is 2.14. The van der Waals surface area contributed by atoms with Gasteiger partial charge in [-0.25, -0.2) is 19.4 Å². The topological polar surface area (TPSA) is 69.9 Å². The van der Waals surface area contributed by atoms with E-state index in [2.05, 4.69) is 28.9 Å². The van der Waals surface area contributed by atoms with Crippen LogP contribution in [0.3, 0.4) is 0 Å². The van der Waals surface area contributed by atoms with Crippen LogP contribution in [0.2, 0.25) is 0 Å². The van der Waals surface area contributed by atoms with E-state index in [1.165, 1.54) is 10.9 Å². The van der Waals surface area contributed by atoms with Crippen LogP contribution in [0.15, 0.2) is 18.5 Å². The summed E-state index contributed by atoms with van der Waals surface area (Å²) in [6.07, 6.45) is 3.04. The van der Waals surface area contributed by atoms with Crippen molar-refractivity contribution in [1.29, 1.82) is 0 Å². The molecule has 6 heteroatoms. The quantitative estimate of drug-likeness (QED) is 0.800. The Balaban J connectivity index is 2.34. The largest absolute Gasteiger partial charge is 0.462 e. The van der Waals surface area contributed by atoms with E-state index < -0.39 is 5.97 Å². The third-order valence-corrected chi connectivity index (χ3v) is 2.75. The SMILES string of the molecule is CCOC(=O)c1cnn(-c2nc(C)cc(C(C)C)n2)c1. The Morgan fingerprint density at radius 3 is 2.80 bits per heavy atom. The molecule has 2 aromatic heterocycles. The summed E-state index contributed by atoms with van der Waals surface area (Å²) in [5.74, 6) is 0.371.